The minimum atomic E-state index is -1.23. The van der Waals surface area contributed by atoms with E-state index in [1.165, 1.54) is 12.5 Å². The molecule has 0 amide bonds. The van der Waals surface area contributed by atoms with Crippen molar-refractivity contribution in [1.29, 1.82) is 0 Å². The maximum absolute atomic E-state index is 11.3. The van der Waals surface area contributed by atoms with Gasteiger partial charge in [0.25, 0.3) is 0 Å². The number of fused-ring (bicyclic) bond motifs is 6. The van der Waals surface area contributed by atoms with Crippen LogP contribution < -0.4 is 13.5 Å². The van der Waals surface area contributed by atoms with Crippen molar-refractivity contribution in [1.82, 2.24) is 14.7 Å². The average molecular weight is 449 g/mol. The minimum absolute atomic E-state index is 0.0146. The second-order valence-corrected chi connectivity index (χ2v) is 7.04. The number of aromatic carboxylic acids is 2. The molecule has 0 saturated carbocycles. The molecule has 0 fully saturated rings. The number of aromatic nitrogens is 6. The van der Waals surface area contributed by atoms with Gasteiger partial charge in [-0.2, -0.15) is 9.97 Å². The van der Waals surface area contributed by atoms with Crippen LogP contribution >= 0.6 is 0 Å². The van der Waals surface area contributed by atoms with Crippen LogP contribution in [-0.2, 0) is 0 Å². The summed E-state index contributed by atoms with van der Waals surface area (Å²) < 4.78 is 28.9. The first-order valence-corrected chi connectivity index (χ1v) is 9.35. The van der Waals surface area contributed by atoms with Crippen LogP contribution in [0.3, 0.4) is 0 Å². The standard InChI is InChI=1S/C19H7N6O8/c26-18(27)8-4-30-14(20-8)12-6-32-16-10-2-1-3-11-17-24(25(22(10)11)23(12)16)13(7-33-17)15-21-9(5-31-15)19(28)29/h1-7H/q+1/p+2. The first-order valence-electron chi connectivity index (χ1n) is 9.35. The molecular weight excluding hydrogens is 440 g/mol. The molecule has 0 spiro atoms. The number of hydrogen-bond acceptors (Lipinski definition) is 8. The zero-order valence-corrected chi connectivity index (χ0v) is 16.1. The van der Waals surface area contributed by atoms with Crippen LogP contribution in [0.5, 0.6) is 0 Å². The molecule has 7 heterocycles. The molecule has 0 aliphatic carbocycles. The highest BCUT2D eigenvalue weighted by molar-refractivity contribution is 5.85. The second-order valence-electron chi connectivity index (χ2n) is 7.04. The van der Waals surface area contributed by atoms with E-state index < -0.39 is 11.9 Å². The lowest BCUT2D eigenvalue weighted by molar-refractivity contribution is -0.897. The van der Waals surface area contributed by atoms with Gasteiger partial charge in [-0.05, 0) is 6.07 Å². The number of carboxylic acid groups (broad SMARTS) is 2. The Kier molecular flexibility index (Phi) is 3.01. The molecule has 0 radical (unpaired) electrons. The van der Waals surface area contributed by atoms with Crippen molar-refractivity contribution in [3.8, 4) is 23.2 Å². The highest BCUT2D eigenvalue weighted by Gasteiger charge is 2.48. The highest BCUT2D eigenvalue weighted by Crippen LogP contribution is 2.22. The van der Waals surface area contributed by atoms with E-state index in [1.54, 1.807) is 18.3 Å². The lowest BCUT2D eigenvalue weighted by Gasteiger charge is -1.81. The molecular formula is C19H9N6O8+3. The van der Waals surface area contributed by atoms with E-state index in [-0.39, 0.29) is 23.2 Å². The molecule has 7 aromatic rings. The Morgan fingerprint density at radius 1 is 0.727 bits per heavy atom. The SMILES string of the molecule is O=C(O)c1coc(-c2coc3c4cccc5c6occ(-c7nc(C(=O)O)co7)[n+]6n([n+]23)[n+]45)n1. The summed E-state index contributed by atoms with van der Waals surface area (Å²) in [5, 5.41) is 18.4. The van der Waals surface area contributed by atoms with Crippen molar-refractivity contribution >= 4 is 34.4 Å². The smallest absolute Gasteiger partial charge is 0.476 e. The van der Waals surface area contributed by atoms with Crippen LogP contribution in [0.15, 0.2) is 60.9 Å². The predicted octanol–water partition coefficient (Wildman–Crippen LogP) is 0.486. The van der Waals surface area contributed by atoms with Gasteiger partial charge in [0.05, 0.1) is 13.5 Å². The zero-order chi connectivity index (χ0) is 22.4. The molecule has 14 nitrogen and oxygen atoms in total. The van der Waals surface area contributed by atoms with Gasteiger partial charge in [0.1, 0.15) is 12.5 Å². The van der Waals surface area contributed by atoms with Gasteiger partial charge >= 0.3 is 62.3 Å². The van der Waals surface area contributed by atoms with Gasteiger partial charge in [-0.25, -0.2) is 9.59 Å². The number of oxazole rings is 4. The second kappa shape index (κ2) is 5.70. The Morgan fingerprint density at radius 3 is 1.64 bits per heavy atom. The molecule has 160 valence electrons. The van der Waals surface area contributed by atoms with E-state index in [0.29, 0.717) is 33.8 Å². The van der Waals surface area contributed by atoms with E-state index in [0.717, 1.165) is 12.5 Å². The molecule has 0 saturated heterocycles. The van der Waals surface area contributed by atoms with Gasteiger partial charge in [0, 0.05) is 12.1 Å². The first-order chi connectivity index (χ1) is 16.0. The molecule has 0 aromatic carbocycles. The molecule has 0 aliphatic heterocycles. The summed E-state index contributed by atoms with van der Waals surface area (Å²) in [6.07, 6.45) is 4.83. The third-order valence-electron chi connectivity index (χ3n) is 5.23. The van der Waals surface area contributed by atoms with Crippen LogP contribution in [0.1, 0.15) is 21.0 Å². The monoisotopic (exact) mass is 449 g/mol. The Morgan fingerprint density at radius 2 is 1.21 bits per heavy atom. The molecule has 2 N–H and O–H groups in total. The fraction of sp³-hybridized carbons (Fsp3) is 0. The quantitative estimate of drug-likeness (QED) is 0.360. The van der Waals surface area contributed by atoms with Crippen molar-refractivity contribution < 1.29 is 51.0 Å². The summed E-state index contributed by atoms with van der Waals surface area (Å²) in [6, 6.07) is 5.46. The summed E-state index contributed by atoms with van der Waals surface area (Å²) in [5.74, 6) is -2.44. The highest BCUT2D eigenvalue weighted by atomic mass is 16.4. The zero-order valence-electron chi connectivity index (χ0n) is 16.1. The third kappa shape index (κ3) is 2.08. The number of pyridine rings is 1. The van der Waals surface area contributed by atoms with Crippen LogP contribution in [0, 0.1) is 0 Å². The third-order valence-corrected chi connectivity index (χ3v) is 5.23. The molecule has 0 atom stereocenters. The topological polar surface area (TPSA) is 170 Å². The van der Waals surface area contributed by atoms with Crippen LogP contribution in [0.25, 0.3) is 45.6 Å². The molecule has 7 aromatic heterocycles. The molecule has 0 aliphatic rings. The van der Waals surface area contributed by atoms with E-state index >= 15 is 0 Å². The van der Waals surface area contributed by atoms with Crippen molar-refractivity contribution in [2.24, 2.45) is 0 Å². The minimum Gasteiger partial charge on any atom is -0.476 e. The number of carboxylic acids is 2. The van der Waals surface area contributed by atoms with Crippen molar-refractivity contribution in [2.75, 3.05) is 0 Å². The van der Waals surface area contributed by atoms with Crippen LogP contribution in [0.4, 0.5) is 0 Å². The first kappa shape index (κ1) is 17.4. The normalized spacial score (nSPS) is 12.1. The molecule has 14 heteroatoms. The number of hydrogen-bond donors (Lipinski definition) is 2. The fourth-order valence-corrected chi connectivity index (χ4v) is 3.88. The molecule has 7 rings (SSSR count). The van der Waals surface area contributed by atoms with Gasteiger partial charge in [0.2, 0.25) is 0 Å². The Balaban J connectivity index is 1.62. The maximum atomic E-state index is 11.3. The van der Waals surface area contributed by atoms with Crippen molar-refractivity contribution in [3.05, 3.63) is 54.6 Å². The summed E-state index contributed by atoms with van der Waals surface area (Å²) in [7, 11) is 0. The lowest BCUT2D eigenvalue weighted by Crippen LogP contribution is -2.51. The molecule has 33 heavy (non-hydrogen) atoms. The largest absolute Gasteiger partial charge is 0.490 e. The van der Waals surface area contributed by atoms with Gasteiger partial charge in [-0.15, -0.1) is 0 Å². The molecule has 0 unspecified atom stereocenters. The lowest BCUT2D eigenvalue weighted by atomic mass is 10.4. The van der Waals surface area contributed by atoms with Crippen molar-refractivity contribution in [3.63, 3.8) is 0 Å². The fourth-order valence-electron chi connectivity index (χ4n) is 3.88. The molecule has 0 bridgehead atoms. The van der Waals surface area contributed by atoms with E-state index in [4.69, 9.17) is 17.7 Å². The van der Waals surface area contributed by atoms with Gasteiger partial charge in [-0.3, -0.25) is 0 Å². The number of carbonyl (C=O) groups is 2. The summed E-state index contributed by atoms with van der Waals surface area (Å²) in [6.45, 7) is 0. The number of nitrogens with zero attached hydrogens (tertiary/aromatic N) is 6. The van der Waals surface area contributed by atoms with Crippen molar-refractivity contribution in [2.45, 2.75) is 0 Å². The van der Waals surface area contributed by atoms with Gasteiger partial charge in [-0.1, -0.05) is 0 Å². The van der Waals surface area contributed by atoms with Gasteiger partial charge < -0.3 is 27.9 Å². The summed E-state index contributed by atoms with van der Waals surface area (Å²) in [5.41, 5.74) is 2.25. The van der Waals surface area contributed by atoms with Crippen LogP contribution in [-0.4, -0.2) is 36.9 Å². The van der Waals surface area contributed by atoms with Crippen LogP contribution in [0.2, 0.25) is 0 Å². The summed E-state index contributed by atoms with van der Waals surface area (Å²) in [4.78, 5) is 30.6. The van der Waals surface area contributed by atoms with E-state index in [9.17, 15) is 19.8 Å². The predicted molar refractivity (Wildman–Crippen MR) is 97.5 cm³/mol. The Bertz CT molecular complexity index is 1770. The average Bonchev–Trinajstić information content (AvgIpc) is 3.61. The Labute approximate surface area is 178 Å². The summed E-state index contributed by atoms with van der Waals surface area (Å²) >= 11 is 0. The van der Waals surface area contributed by atoms with Gasteiger partial charge in [0.15, 0.2) is 23.9 Å². The van der Waals surface area contributed by atoms with E-state index in [2.05, 4.69) is 9.97 Å². The maximum Gasteiger partial charge on any atom is 0.490 e. The number of rotatable bonds is 4. The van der Waals surface area contributed by atoms with E-state index in [1.807, 2.05) is 18.2 Å². The Hall–Kier alpha value is -5.27.